The van der Waals surface area contributed by atoms with E-state index in [-0.39, 0.29) is 29.0 Å². The number of nitrogens with one attached hydrogen (secondary N) is 3. The van der Waals surface area contributed by atoms with Crippen molar-refractivity contribution < 1.29 is 13.2 Å². The van der Waals surface area contributed by atoms with Crippen molar-refractivity contribution in [2.75, 3.05) is 5.32 Å². The van der Waals surface area contributed by atoms with Gasteiger partial charge in [0.15, 0.2) is 5.52 Å². The minimum Gasteiger partial charge on any atom is -0.326 e. The highest BCUT2D eigenvalue weighted by Crippen LogP contribution is 2.19. The monoisotopic (exact) mass is 392 g/mol. The number of aryl methyl sites for hydroxylation is 2. The van der Waals surface area contributed by atoms with Gasteiger partial charge in [0.1, 0.15) is 5.65 Å². The molecular weight excluding hydrogens is 376 g/mol. The molecule has 0 bridgehead atoms. The third-order valence-electron chi connectivity index (χ3n) is 3.90. The molecule has 0 atom stereocenters. The zero-order chi connectivity index (χ0) is 19.8. The number of carbonyl (C=O) groups excluding carboxylic acids is 1. The second-order valence-corrected chi connectivity index (χ2v) is 7.42. The summed E-state index contributed by atoms with van der Waals surface area (Å²) in [4.78, 5) is 43.6. The molecule has 12 heteroatoms. The van der Waals surface area contributed by atoms with Crippen LogP contribution in [0.4, 0.5) is 5.69 Å². The number of aromatic nitrogens is 4. The predicted octanol–water partition coefficient (Wildman–Crippen LogP) is -0.602. The Bertz CT molecular complexity index is 1250. The second-order valence-electron chi connectivity index (χ2n) is 5.86. The van der Waals surface area contributed by atoms with Gasteiger partial charge in [-0.05, 0) is 24.6 Å². The summed E-state index contributed by atoms with van der Waals surface area (Å²) in [5, 5.41) is 7.72. The third kappa shape index (κ3) is 3.96. The molecule has 27 heavy (non-hydrogen) atoms. The fourth-order valence-electron chi connectivity index (χ4n) is 2.50. The van der Waals surface area contributed by atoms with E-state index in [1.54, 1.807) is 6.92 Å². The largest absolute Gasteiger partial charge is 0.327 e. The van der Waals surface area contributed by atoms with Crippen molar-refractivity contribution in [3.05, 3.63) is 50.9 Å². The van der Waals surface area contributed by atoms with Crippen LogP contribution in [-0.4, -0.2) is 33.8 Å². The first kappa shape index (κ1) is 18.5. The third-order valence-corrected chi connectivity index (χ3v) is 4.81. The van der Waals surface area contributed by atoms with Crippen molar-refractivity contribution >= 4 is 32.8 Å². The number of nitrogens with zero attached hydrogens (tertiary/aromatic N) is 2. The molecule has 0 aliphatic heterocycles. The first-order valence-electron chi connectivity index (χ1n) is 7.76. The van der Waals surface area contributed by atoms with Gasteiger partial charge < -0.3 is 9.88 Å². The lowest BCUT2D eigenvalue weighted by atomic mass is 10.2. The van der Waals surface area contributed by atoms with E-state index in [0.717, 1.165) is 0 Å². The minimum atomic E-state index is -3.89. The number of hydrogen-bond donors (Lipinski definition) is 4. The summed E-state index contributed by atoms with van der Waals surface area (Å²) in [6.07, 6.45) is 1.34. The Kier molecular flexibility index (Phi) is 4.68. The number of H-pyrrole nitrogens is 2. The number of sulfonamides is 1. The molecule has 0 radical (unpaired) electrons. The van der Waals surface area contributed by atoms with Crippen LogP contribution in [0.2, 0.25) is 0 Å². The van der Waals surface area contributed by atoms with Gasteiger partial charge in [-0.3, -0.25) is 19.6 Å². The van der Waals surface area contributed by atoms with Crippen molar-refractivity contribution in [3.8, 4) is 0 Å². The van der Waals surface area contributed by atoms with Gasteiger partial charge in [0, 0.05) is 18.7 Å². The van der Waals surface area contributed by atoms with Gasteiger partial charge in [0.2, 0.25) is 15.9 Å². The molecule has 11 nitrogen and oxygen atoms in total. The zero-order valence-corrected chi connectivity index (χ0v) is 15.0. The predicted molar refractivity (Wildman–Crippen MR) is 96.8 cm³/mol. The van der Waals surface area contributed by atoms with Crippen LogP contribution in [0, 0.1) is 6.92 Å². The van der Waals surface area contributed by atoms with Crippen molar-refractivity contribution in [1.29, 1.82) is 0 Å². The number of imidazole rings is 1. The maximum Gasteiger partial charge on any atom is 0.327 e. The van der Waals surface area contributed by atoms with Crippen molar-refractivity contribution in [2.24, 2.45) is 5.14 Å². The van der Waals surface area contributed by atoms with Crippen LogP contribution in [0.25, 0.3) is 11.2 Å². The SMILES string of the molecule is Cc1ccc(S(N)(=O)=O)cc1NC(=O)CCn1cnc2c(=O)[nH]c(=O)[nH]c21. The molecule has 1 aromatic carbocycles. The van der Waals surface area contributed by atoms with Gasteiger partial charge in [-0.25, -0.2) is 23.3 Å². The number of fused-ring (bicyclic) bond motifs is 1. The fraction of sp³-hybridized carbons (Fsp3) is 0.200. The van der Waals surface area contributed by atoms with E-state index in [0.29, 0.717) is 11.3 Å². The number of nitrogens with two attached hydrogens (primary N) is 1. The number of rotatable bonds is 5. The van der Waals surface area contributed by atoms with Crippen LogP contribution in [0.15, 0.2) is 39.0 Å². The Hall–Kier alpha value is -3.25. The highest BCUT2D eigenvalue weighted by Gasteiger charge is 2.13. The van der Waals surface area contributed by atoms with E-state index >= 15 is 0 Å². The Morgan fingerprint density at radius 3 is 2.74 bits per heavy atom. The normalized spacial score (nSPS) is 11.6. The first-order valence-corrected chi connectivity index (χ1v) is 9.30. The fourth-order valence-corrected chi connectivity index (χ4v) is 3.04. The number of aromatic amines is 2. The molecule has 2 aromatic heterocycles. The average molecular weight is 392 g/mol. The molecule has 142 valence electrons. The molecular formula is C15H16N6O5S. The summed E-state index contributed by atoms with van der Waals surface area (Å²) in [6, 6.07) is 4.17. The molecule has 0 aliphatic carbocycles. The Morgan fingerprint density at radius 2 is 2.04 bits per heavy atom. The quantitative estimate of drug-likeness (QED) is 0.451. The highest BCUT2D eigenvalue weighted by molar-refractivity contribution is 7.89. The van der Waals surface area contributed by atoms with Crippen LogP contribution >= 0.6 is 0 Å². The van der Waals surface area contributed by atoms with Crippen LogP contribution < -0.4 is 21.7 Å². The number of amides is 1. The van der Waals surface area contributed by atoms with Crippen LogP contribution in [0.3, 0.4) is 0 Å². The molecule has 3 aromatic rings. The molecule has 1 amide bonds. The smallest absolute Gasteiger partial charge is 0.326 e. The zero-order valence-electron chi connectivity index (χ0n) is 14.1. The molecule has 0 spiro atoms. The lowest BCUT2D eigenvalue weighted by molar-refractivity contribution is -0.116. The van der Waals surface area contributed by atoms with Crippen LogP contribution in [0.5, 0.6) is 0 Å². The van der Waals surface area contributed by atoms with Gasteiger partial charge in [-0.15, -0.1) is 0 Å². The van der Waals surface area contributed by atoms with Gasteiger partial charge in [0.25, 0.3) is 5.56 Å². The molecule has 0 saturated heterocycles. The summed E-state index contributed by atoms with van der Waals surface area (Å²) >= 11 is 0. The van der Waals surface area contributed by atoms with Crippen LogP contribution in [-0.2, 0) is 21.4 Å². The summed E-state index contributed by atoms with van der Waals surface area (Å²) in [6.45, 7) is 1.86. The van der Waals surface area contributed by atoms with Gasteiger partial charge >= 0.3 is 5.69 Å². The minimum absolute atomic E-state index is 0.000663. The summed E-state index contributed by atoms with van der Waals surface area (Å²) in [5.41, 5.74) is -0.0243. The van der Waals surface area contributed by atoms with E-state index in [2.05, 4.69) is 20.3 Å². The van der Waals surface area contributed by atoms with Crippen molar-refractivity contribution in [3.63, 3.8) is 0 Å². The first-order chi connectivity index (χ1) is 12.6. The lowest BCUT2D eigenvalue weighted by Gasteiger charge is -2.10. The van der Waals surface area contributed by atoms with E-state index in [9.17, 15) is 22.8 Å². The van der Waals surface area contributed by atoms with Gasteiger partial charge in [-0.1, -0.05) is 6.07 Å². The second kappa shape index (κ2) is 6.81. The Morgan fingerprint density at radius 1 is 1.30 bits per heavy atom. The molecule has 2 heterocycles. The van der Waals surface area contributed by atoms with Crippen molar-refractivity contribution in [2.45, 2.75) is 24.8 Å². The topological polar surface area (TPSA) is 173 Å². The number of anilines is 1. The van der Waals surface area contributed by atoms with Crippen molar-refractivity contribution in [1.82, 2.24) is 19.5 Å². The van der Waals surface area contributed by atoms with Crippen LogP contribution in [0.1, 0.15) is 12.0 Å². The van der Waals surface area contributed by atoms with E-state index in [1.807, 2.05) is 0 Å². The molecule has 0 fully saturated rings. The molecule has 5 N–H and O–H groups in total. The van der Waals surface area contributed by atoms with E-state index in [1.165, 1.54) is 29.1 Å². The number of benzene rings is 1. The summed E-state index contributed by atoms with van der Waals surface area (Å²) in [5.74, 6) is -0.390. The standard InChI is InChI=1S/C15H16N6O5S/c1-8-2-3-9(27(16,25)26)6-10(8)18-11(22)4-5-21-7-17-12-13(21)19-15(24)20-14(12)23/h2-3,6-7H,4-5H2,1H3,(H,18,22)(H2,16,25,26)(H2,19,20,23,24). The summed E-state index contributed by atoms with van der Waals surface area (Å²) in [7, 11) is -3.89. The van der Waals surface area contributed by atoms with E-state index < -0.39 is 27.2 Å². The maximum atomic E-state index is 12.2. The Labute approximate surface area is 152 Å². The molecule has 0 aliphatic rings. The van der Waals surface area contributed by atoms with E-state index in [4.69, 9.17) is 5.14 Å². The molecule has 3 rings (SSSR count). The van der Waals surface area contributed by atoms with Gasteiger partial charge in [-0.2, -0.15) is 0 Å². The van der Waals surface area contributed by atoms with Gasteiger partial charge in [0.05, 0.1) is 11.2 Å². The molecule has 0 unspecified atom stereocenters. The summed E-state index contributed by atoms with van der Waals surface area (Å²) < 4.78 is 24.4. The molecule has 0 saturated carbocycles. The average Bonchev–Trinajstić information content (AvgIpc) is 2.97. The maximum absolute atomic E-state index is 12.2. The lowest BCUT2D eigenvalue weighted by Crippen LogP contribution is -2.23. The number of hydrogen-bond acceptors (Lipinski definition) is 6. The number of primary sulfonamides is 1. The highest BCUT2D eigenvalue weighted by atomic mass is 32.2. The number of carbonyl (C=O) groups is 1. The Balaban J connectivity index is 1.76.